The summed E-state index contributed by atoms with van der Waals surface area (Å²) in [5.74, 6) is -3.61. The normalized spacial score (nSPS) is 17.3. The Hall–Kier alpha value is -5.46. The molecular weight excluding hydrogens is 478 g/mol. The van der Waals surface area contributed by atoms with Crippen molar-refractivity contribution in [3.63, 3.8) is 0 Å². The predicted octanol–water partition coefficient (Wildman–Crippen LogP) is 7.90. The zero-order chi connectivity index (χ0) is 39.9. The highest BCUT2D eigenvalue weighted by molar-refractivity contribution is 6.11. The Balaban J connectivity index is 1.88. The monoisotopic (exact) mass is 510 g/mol. The average molecular weight is 511 g/mol. The van der Waals surface area contributed by atoms with Crippen LogP contribution in [0.2, 0.25) is 0 Å². The van der Waals surface area contributed by atoms with Crippen molar-refractivity contribution in [2.24, 2.45) is 0 Å². The lowest BCUT2D eigenvalue weighted by atomic mass is 10.0. The minimum absolute atomic E-state index is 0.487. The van der Waals surface area contributed by atoms with Crippen LogP contribution >= 0.6 is 0 Å². The summed E-state index contributed by atoms with van der Waals surface area (Å²) in [6.07, 6.45) is 0. The van der Waals surface area contributed by atoms with Crippen LogP contribution < -0.4 is 0 Å². The summed E-state index contributed by atoms with van der Waals surface area (Å²) in [6.45, 7) is 0. The SMILES string of the molecule is [2H]c1c([2H])c([2H])c2c(c1[2H])c1c([2H])c([2H])c([2H])c([2H])c1n2-c1c(F)c(-n2c3c([2H])c([2H])c([2H])c([2H])c3c3c([2H])c([2H])c([2H])c([2H])c32)c(C#N)c(F)c1C#N. The van der Waals surface area contributed by atoms with Gasteiger partial charge in [0.2, 0.25) is 0 Å². The number of fused-ring (bicyclic) bond motifs is 6. The summed E-state index contributed by atoms with van der Waals surface area (Å²) in [6, 6.07) is -11.5. The third kappa shape index (κ3) is 2.74. The van der Waals surface area contributed by atoms with Crippen molar-refractivity contribution < 1.29 is 30.7 Å². The molecule has 5 aromatic carbocycles. The fraction of sp³-hybridized carbons (Fsp3) is 0. The van der Waals surface area contributed by atoms with Gasteiger partial charge >= 0.3 is 0 Å². The Labute approximate surface area is 237 Å². The van der Waals surface area contributed by atoms with Gasteiger partial charge in [-0.15, -0.1) is 0 Å². The lowest BCUT2D eigenvalue weighted by molar-refractivity contribution is 0.583. The largest absolute Gasteiger partial charge is 0.305 e. The molecule has 7 aromatic rings. The quantitative estimate of drug-likeness (QED) is 0.237. The maximum atomic E-state index is 18.0. The van der Waals surface area contributed by atoms with E-state index in [0.29, 0.717) is 9.13 Å². The standard InChI is InChI=1S/C32H16F2N4/c33-29-23(17-35)31(37-25-13-5-1-9-19(25)20-10-2-6-14-26(20)37)30(34)32(24(29)18-36)38-27-15-7-3-11-21(27)22-12-4-8-16-28(22)38/h1-16H/i1D,2D,3D,4D,5D,6D,7D,8D,9D,10D,11D,12D,13D,14D,15D,16D. The van der Waals surface area contributed by atoms with E-state index in [0.717, 1.165) is 0 Å². The van der Waals surface area contributed by atoms with Crippen LogP contribution in [0.5, 0.6) is 0 Å². The molecule has 0 amide bonds. The Bertz CT molecular complexity index is 2710. The average Bonchev–Trinajstić information content (AvgIpc) is 3.69. The minimum Gasteiger partial charge on any atom is -0.305 e. The van der Waals surface area contributed by atoms with Gasteiger partial charge in [0.05, 0.1) is 44.0 Å². The van der Waals surface area contributed by atoms with Crippen LogP contribution in [0.25, 0.3) is 55.0 Å². The lowest BCUT2D eigenvalue weighted by Gasteiger charge is -2.18. The molecule has 2 aromatic heterocycles. The van der Waals surface area contributed by atoms with Gasteiger partial charge in [0, 0.05) is 21.5 Å². The second kappa shape index (κ2) is 8.03. The fourth-order valence-electron chi connectivity index (χ4n) is 4.58. The molecule has 7 rings (SSSR count). The molecular formula is C32H16F2N4. The van der Waals surface area contributed by atoms with E-state index in [4.69, 9.17) is 21.9 Å². The van der Waals surface area contributed by atoms with Crippen LogP contribution in [-0.4, -0.2) is 9.13 Å². The van der Waals surface area contributed by atoms with Gasteiger partial charge in [-0.25, -0.2) is 8.78 Å². The molecule has 6 heteroatoms. The molecule has 4 nitrogen and oxygen atoms in total. The van der Waals surface area contributed by atoms with E-state index in [9.17, 15) is 10.5 Å². The van der Waals surface area contributed by atoms with Crippen molar-refractivity contribution >= 4 is 43.6 Å². The van der Waals surface area contributed by atoms with Crippen molar-refractivity contribution in [1.29, 1.82) is 10.5 Å². The van der Waals surface area contributed by atoms with E-state index in [1.807, 2.05) is 0 Å². The van der Waals surface area contributed by atoms with Crippen LogP contribution in [0.4, 0.5) is 8.78 Å². The van der Waals surface area contributed by atoms with Crippen molar-refractivity contribution in [2.75, 3.05) is 0 Å². The molecule has 0 N–H and O–H groups in total. The van der Waals surface area contributed by atoms with Gasteiger partial charge < -0.3 is 9.13 Å². The third-order valence-corrected chi connectivity index (χ3v) is 6.06. The third-order valence-electron chi connectivity index (χ3n) is 6.06. The first-order valence-electron chi connectivity index (χ1n) is 18.7. The van der Waals surface area contributed by atoms with E-state index in [-0.39, 0.29) is 0 Å². The fourth-order valence-corrected chi connectivity index (χ4v) is 4.58. The summed E-state index contributed by atoms with van der Waals surface area (Å²) >= 11 is 0. The van der Waals surface area contributed by atoms with Gasteiger partial charge in [-0.3, -0.25) is 0 Å². The van der Waals surface area contributed by atoms with E-state index < -0.39 is 174 Å². The molecule has 0 spiro atoms. The molecule has 0 unspecified atom stereocenters. The van der Waals surface area contributed by atoms with Crippen molar-refractivity contribution in [2.45, 2.75) is 0 Å². The highest BCUT2D eigenvalue weighted by Gasteiger charge is 2.30. The Kier molecular flexibility index (Phi) is 2.30. The topological polar surface area (TPSA) is 57.4 Å². The predicted molar refractivity (Wildman–Crippen MR) is 144 cm³/mol. The maximum Gasteiger partial charge on any atom is 0.174 e. The second-order valence-electron chi connectivity index (χ2n) is 7.86. The number of benzene rings is 5. The summed E-state index contributed by atoms with van der Waals surface area (Å²) in [5.41, 5.74) is -8.04. The van der Waals surface area contributed by atoms with Crippen LogP contribution in [0.1, 0.15) is 33.1 Å². The zero-order valence-electron chi connectivity index (χ0n) is 34.5. The first-order chi connectivity index (χ1) is 25.3. The number of rotatable bonds is 2. The maximum absolute atomic E-state index is 18.0. The van der Waals surface area contributed by atoms with Crippen LogP contribution in [0.3, 0.4) is 0 Å². The molecule has 0 saturated heterocycles. The van der Waals surface area contributed by atoms with Gasteiger partial charge in [0.15, 0.2) is 11.6 Å². The highest BCUT2D eigenvalue weighted by atomic mass is 19.1. The number of nitriles is 2. The molecule has 0 fully saturated rings. The Morgan fingerprint density at radius 2 is 0.789 bits per heavy atom. The summed E-state index contributed by atoms with van der Waals surface area (Å²) < 4.78 is 172. The number of para-hydroxylation sites is 4. The molecule has 0 radical (unpaired) electrons. The van der Waals surface area contributed by atoms with Crippen LogP contribution in [0.15, 0.2) is 96.7 Å². The van der Waals surface area contributed by atoms with Gasteiger partial charge in [-0.05, 0) is 24.2 Å². The number of hydrogen-bond donors (Lipinski definition) is 0. The van der Waals surface area contributed by atoms with Gasteiger partial charge in [0.25, 0.3) is 0 Å². The van der Waals surface area contributed by atoms with E-state index in [1.54, 1.807) is 0 Å². The molecule has 178 valence electrons. The molecule has 38 heavy (non-hydrogen) atoms. The summed E-state index contributed by atoms with van der Waals surface area (Å²) in [7, 11) is 0. The Morgan fingerprint density at radius 3 is 1.08 bits per heavy atom. The van der Waals surface area contributed by atoms with Crippen molar-refractivity contribution in [1.82, 2.24) is 9.13 Å². The summed E-state index contributed by atoms with van der Waals surface area (Å²) in [4.78, 5) is 0. The highest BCUT2D eigenvalue weighted by Crippen LogP contribution is 2.40. The molecule has 0 bridgehead atoms. The van der Waals surface area contributed by atoms with E-state index in [1.165, 1.54) is 12.1 Å². The lowest BCUT2D eigenvalue weighted by Crippen LogP contribution is -2.12. The molecule has 0 aliphatic heterocycles. The van der Waals surface area contributed by atoms with Gasteiger partial charge in [0.1, 0.15) is 34.6 Å². The van der Waals surface area contributed by atoms with Crippen LogP contribution in [0, 0.1) is 34.3 Å². The summed E-state index contributed by atoms with van der Waals surface area (Å²) in [5, 5.41) is 18.3. The zero-order valence-corrected chi connectivity index (χ0v) is 18.5. The number of halogens is 2. The smallest absolute Gasteiger partial charge is 0.174 e. The second-order valence-corrected chi connectivity index (χ2v) is 7.86. The van der Waals surface area contributed by atoms with Gasteiger partial charge in [-0.1, -0.05) is 72.5 Å². The minimum atomic E-state index is -1.82. The first-order valence-corrected chi connectivity index (χ1v) is 10.7. The molecule has 0 saturated carbocycles. The first kappa shape index (κ1) is 10.9. The van der Waals surface area contributed by atoms with Crippen molar-refractivity contribution in [3.8, 4) is 23.5 Å². The molecule has 0 aliphatic carbocycles. The van der Waals surface area contributed by atoms with E-state index in [2.05, 4.69) is 0 Å². The number of nitrogens with zero attached hydrogens (tertiary/aromatic N) is 4. The van der Waals surface area contributed by atoms with Crippen molar-refractivity contribution in [3.05, 3.63) is 119 Å². The van der Waals surface area contributed by atoms with E-state index >= 15 is 8.78 Å². The number of hydrogen-bond acceptors (Lipinski definition) is 2. The molecule has 0 atom stereocenters. The molecule has 0 aliphatic rings. The van der Waals surface area contributed by atoms with Crippen LogP contribution in [-0.2, 0) is 0 Å². The Morgan fingerprint density at radius 1 is 0.500 bits per heavy atom. The number of aromatic nitrogens is 2. The van der Waals surface area contributed by atoms with Gasteiger partial charge in [-0.2, -0.15) is 10.5 Å². The molecule has 2 heterocycles.